The van der Waals surface area contributed by atoms with Crippen LogP contribution in [0.2, 0.25) is 5.02 Å². The zero-order chi connectivity index (χ0) is 26.3. The monoisotopic (exact) mass is 540 g/mol. The molecule has 0 aliphatic carbocycles. The van der Waals surface area contributed by atoms with Crippen LogP contribution in [0.25, 0.3) is 32.9 Å². The molecular weight excluding hydrogens is 515 g/mol. The van der Waals surface area contributed by atoms with Gasteiger partial charge in [0.1, 0.15) is 17.0 Å². The van der Waals surface area contributed by atoms with E-state index in [1.54, 1.807) is 24.7 Å². The predicted molar refractivity (Wildman–Crippen MR) is 151 cm³/mol. The summed E-state index contributed by atoms with van der Waals surface area (Å²) in [6.07, 6.45) is 8.11. The van der Waals surface area contributed by atoms with Gasteiger partial charge in [-0.05, 0) is 35.9 Å². The molecule has 0 spiro atoms. The lowest BCUT2D eigenvalue weighted by atomic mass is 10.0. The molecule has 2 fully saturated rings. The number of benzene rings is 2. The van der Waals surface area contributed by atoms with Crippen LogP contribution in [0.15, 0.2) is 67.1 Å². The van der Waals surface area contributed by atoms with Crippen molar-refractivity contribution in [1.29, 1.82) is 0 Å². The zero-order valence-electron chi connectivity index (χ0n) is 21.1. The van der Waals surface area contributed by atoms with Crippen LogP contribution in [0, 0.1) is 5.82 Å². The maximum absolute atomic E-state index is 16.4. The molecule has 39 heavy (non-hydrogen) atoms. The van der Waals surface area contributed by atoms with Crippen LogP contribution in [0.3, 0.4) is 0 Å². The van der Waals surface area contributed by atoms with Crippen molar-refractivity contribution in [3.8, 4) is 17.3 Å². The Morgan fingerprint density at radius 3 is 2.62 bits per heavy atom. The van der Waals surface area contributed by atoms with Crippen molar-refractivity contribution in [2.45, 2.75) is 31.3 Å². The highest BCUT2D eigenvalue weighted by Crippen LogP contribution is 2.38. The van der Waals surface area contributed by atoms with Crippen molar-refractivity contribution in [3.63, 3.8) is 0 Å². The van der Waals surface area contributed by atoms with Crippen LogP contribution in [0.4, 0.5) is 10.2 Å². The van der Waals surface area contributed by atoms with Crippen molar-refractivity contribution in [1.82, 2.24) is 25.3 Å². The lowest BCUT2D eigenvalue weighted by molar-refractivity contribution is 0.297. The SMILES string of the molecule is Fc1c(-c2cccc3cccc(Cl)c23)ncc2c(N3CC4CCC(C3)N4)nc(OCCc3cccnc3)nc12. The van der Waals surface area contributed by atoms with Gasteiger partial charge in [0.25, 0.3) is 0 Å². The van der Waals surface area contributed by atoms with E-state index in [0.29, 0.717) is 46.9 Å². The first-order valence-electron chi connectivity index (χ1n) is 13.2. The average Bonchev–Trinajstić information content (AvgIpc) is 3.30. The molecule has 7 nitrogen and oxygen atoms in total. The van der Waals surface area contributed by atoms with Gasteiger partial charge in [-0.3, -0.25) is 9.97 Å². The molecule has 5 heterocycles. The molecule has 9 heteroatoms. The summed E-state index contributed by atoms with van der Waals surface area (Å²) >= 11 is 6.56. The first kappa shape index (κ1) is 24.2. The van der Waals surface area contributed by atoms with Crippen molar-refractivity contribution >= 4 is 39.1 Å². The number of pyridine rings is 2. The number of halogens is 2. The van der Waals surface area contributed by atoms with Gasteiger partial charge in [0.2, 0.25) is 0 Å². The largest absolute Gasteiger partial charge is 0.463 e. The molecule has 0 radical (unpaired) electrons. The molecule has 0 saturated carbocycles. The van der Waals surface area contributed by atoms with E-state index in [9.17, 15) is 0 Å². The number of nitrogens with zero attached hydrogens (tertiary/aromatic N) is 5. The van der Waals surface area contributed by atoms with E-state index < -0.39 is 5.82 Å². The zero-order valence-corrected chi connectivity index (χ0v) is 21.9. The summed E-state index contributed by atoms with van der Waals surface area (Å²) in [5.74, 6) is 0.141. The summed E-state index contributed by atoms with van der Waals surface area (Å²) in [4.78, 5) is 20.3. The summed E-state index contributed by atoms with van der Waals surface area (Å²) in [5, 5.41) is 6.44. The van der Waals surface area contributed by atoms with Gasteiger partial charge in [-0.15, -0.1) is 0 Å². The number of hydrogen-bond donors (Lipinski definition) is 1. The predicted octanol–water partition coefficient (Wildman–Crippen LogP) is 5.59. The standard InChI is InChI=1S/C30H26ClFN6O/c31-24-8-2-6-19-5-1-7-22(25(19)24)27-26(32)28-23(15-34-27)29(38-16-20-9-10-21(17-38)35-20)37-30(36-28)39-13-11-18-4-3-12-33-14-18/h1-8,12,14-15,20-21,35H,9-11,13,16-17H2. The Kier molecular flexibility index (Phi) is 6.21. The lowest BCUT2D eigenvalue weighted by Gasteiger charge is -2.34. The Labute approximate surface area is 230 Å². The number of anilines is 1. The van der Waals surface area contributed by atoms with Gasteiger partial charge in [-0.1, -0.05) is 48.0 Å². The fraction of sp³-hybridized carbons (Fsp3) is 0.267. The van der Waals surface area contributed by atoms with Gasteiger partial charge in [0, 0.05) is 66.2 Å². The molecule has 2 aliphatic rings. The van der Waals surface area contributed by atoms with Crippen molar-refractivity contribution in [3.05, 3.63) is 83.5 Å². The second kappa shape index (κ2) is 10.0. The van der Waals surface area contributed by atoms with E-state index in [4.69, 9.17) is 21.3 Å². The van der Waals surface area contributed by atoms with E-state index in [0.717, 1.165) is 42.3 Å². The van der Waals surface area contributed by atoms with Gasteiger partial charge >= 0.3 is 6.01 Å². The smallest absolute Gasteiger partial charge is 0.319 e. The highest BCUT2D eigenvalue weighted by atomic mass is 35.5. The number of nitrogens with one attached hydrogen (secondary N) is 1. The van der Waals surface area contributed by atoms with Crippen LogP contribution >= 0.6 is 11.6 Å². The summed E-state index contributed by atoms with van der Waals surface area (Å²) in [6.45, 7) is 1.93. The Balaban J connectivity index is 1.33. The molecule has 2 unspecified atom stereocenters. The van der Waals surface area contributed by atoms with E-state index >= 15 is 4.39 Å². The van der Waals surface area contributed by atoms with Gasteiger partial charge in [-0.2, -0.15) is 9.97 Å². The second-order valence-corrected chi connectivity index (χ2v) is 10.6. The Morgan fingerprint density at radius 2 is 1.82 bits per heavy atom. The third kappa shape index (κ3) is 4.53. The van der Waals surface area contributed by atoms with Crippen LogP contribution in [0.5, 0.6) is 6.01 Å². The first-order valence-corrected chi connectivity index (χ1v) is 13.6. The quantitative estimate of drug-likeness (QED) is 0.301. The van der Waals surface area contributed by atoms with Crippen molar-refractivity contribution in [2.75, 3.05) is 24.6 Å². The fourth-order valence-corrected chi connectivity index (χ4v) is 6.07. The van der Waals surface area contributed by atoms with E-state index in [-0.39, 0.29) is 17.2 Å². The summed E-state index contributed by atoms with van der Waals surface area (Å²) in [6, 6.07) is 16.1. The van der Waals surface area contributed by atoms with E-state index in [2.05, 4.69) is 25.2 Å². The van der Waals surface area contributed by atoms with Crippen LogP contribution in [-0.2, 0) is 6.42 Å². The lowest BCUT2D eigenvalue weighted by Crippen LogP contribution is -2.51. The van der Waals surface area contributed by atoms with Crippen LogP contribution in [0.1, 0.15) is 18.4 Å². The number of rotatable bonds is 6. The number of ether oxygens (including phenoxy) is 1. The summed E-state index contributed by atoms with van der Waals surface area (Å²) < 4.78 is 22.4. The Hall–Kier alpha value is -3.88. The summed E-state index contributed by atoms with van der Waals surface area (Å²) in [5.41, 5.74) is 2.06. The fourth-order valence-electron chi connectivity index (χ4n) is 5.78. The average molecular weight is 541 g/mol. The second-order valence-electron chi connectivity index (χ2n) is 10.2. The molecule has 5 aromatic rings. The molecule has 0 amide bonds. The molecule has 196 valence electrons. The molecule has 2 aliphatic heterocycles. The van der Waals surface area contributed by atoms with Gasteiger partial charge in [0.15, 0.2) is 5.82 Å². The molecule has 2 aromatic carbocycles. The highest BCUT2D eigenvalue weighted by molar-refractivity contribution is 6.36. The molecule has 1 N–H and O–H groups in total. The molecule has 2 saturated heterocycles. The van der Waals surface area contributed by atoms with Crippen LogP contribution < -0.4 is 15.0 Å². The minimum atomic E-state index is -0.515. The summed E-state index contributed by atoms with van der Waals surface area (Å²) in [7, 11) is 0. The van der Waals surface area contributed by atoms with Gasteiger partial charge in [-0.25, -0.2) is 4.39 Å². The normalized spacial score (nSPS) is 18.7. The number of piperazine rings is 1. The molecule has 3 aromatic heterocycles. The molecule has 2 bridgehead atoms. The third-order valence-corrected chi connectivity index (χ3v) is 7.93. The molecular formula is C30H26ClFN6O. The minimum absolute atomic E-state index is 0.152. The third-order valence-electron chi connectivity index (χ3n) is 7.61. The number of fused-ring (bicyclic) bond motifs is 4. The van der Waals surface area contributed by atoms with Crippen LogP contribution in [-0.4, -0.2) is 51.7 Å². The van der Waals surface area contributed by atoms with Crippen molar-refractivity contribution in [2.24, 2.45) is 0 Å². The topological polar surface area (TPSA) is 76.1 Å². The highest BCUT2D eigenvalue weighted by Gasteiger charge is 2.34. The Bertz CT molecular complexity index is 1670. The Morgan fingerprint density at radius 1 is 1.00 bits per heavy atom. The number of hydrogen-bond acceptors (Lipinski definition) is 7. The first-order chi connectivity index (χ1) is 19.1. The maximum atomic E-state index is 16.4. The van der Waals surface area contributed by atoms with Gasteiger partial charge < -0.3 is 15.0 Å². The molecule has 7 rings (SSSR count). The van der Waals surface area contributed by atoms with E-state index in [1.165, 1.54) is 0 Å². The van der Waals surface area contributed by atoms with E-state index in [1.807, 2.05) is 42.5 Å². The molecule has 2 atom stereocenters. The van der Waals surface area contributed by atoms with Crippen molar-refractivity contribution < 1.29 is 9.13 Å². The maximum Gasteiger partial charge on any atom is 0.319 e. The van der Waals surface area contributed by atoms with Gasteiger partial charge in [0.05, 0.1) is 12.0 Å². The minimum Gasteiger partial charge on any atom is -0.463 e. The number of aromatic nitrogens is 4.